The molecule has 140 valence electrons. The highest BCUT2D eigenvalue weighted by Crippen LogP contribution is 2.20. The van der Waals surface area contributed by atoms with Gasteiger partial charge in [0.2, 0.25) is 5.91 Å². The molecule has 1 N–H and O–H groups in total. The fourth-order valence-electron chi connectivity index (χ4n) is 3.05. The van der Waals surface area contributed by atoms with Crippen LogP contribution in [0.15, 0.2) is 4.99 Å². The molecule has 3 rings (SSSR count). The number of rotatable bonds is 4. The monoisotopic (exact) mass is 351 g/mol. The molecule has 0 bridgehead atoms. The maximum absolute atomic E-state index is 12.4. The van der Waals surface area contributed by atoms with Crippen LogP contribution in [-0.2, 0) is 14.3 Å². The Morgan fingerprint density at radius 3 is 2.36 bits per heavy atom. The Morgan fingerprint density at radius 2 is 1.80 bits per heavy atom. The third-order valence-electron chi connectivity index (χ3n) is 4.87. The quantitative estimate of drug-likeness (QED) is 0.546. The van der Waals surface area contributed by atoms with Gasteiger partial charge < -0.3 is 24.8 Å². The average Bonchev–Trinajstić information content (AvgIpc) is 3.27. The van der Waals surface area contributed by atoms with Crippen LogP contribution in [0, 0.1) is 0 Å². The molecule has 0 aromatic rings. The van der Waals surface area contributed by atoms with E-state index < -0.39 is 0 Å². The van der Waals surface area contributed by atoms with Gasteiger partial charge in [-0.05, 0) is 25.7 Å². The summed E-state index contributed by atoms with van der Waals surface area (Å²) in [6.45, 7) is 3.65. The van der Waals surface area contributed by atoms with E-state index in [1.165, 1.54) is 0 Å². The van der Waals surface area contributed by atoms with Gasteiger partial charge in [-0.1, -0.05) is 0 Å². The molecule has 3 fully saturated rings. The van der Waals surface area contributed by atoms with Gasteiger partial charge >= 0.3 is 0 Å². The summed E-state index contributed by atoms with van der Waals surface area (Å²) in [5, 5.41) is 3.43. The van der Waals surface area contributed by atoms with E-state index in [-0.39, 0.29) is 24.5 Å². The van der Waals surface area contributed by atoms with Crippen LogP contribution in [0.3, 0.4) is 0 Å². The minimum atomic E-state index is -0.248. The number of ether oxygens (including phenoxy) is 1. The van der Waals surface area contributed by atoms with Crippen LogP contribution in [-0.4, -0.2) is 98.0 Å². The molecule has 0 spiro atoms. The molecule has 2 heterocycles. The lowest BCUT2D eigenvalue weighted by Crippen LogP contribution is -2.55. The number of hydrogen-bond acceptors (Lipinski definition) is 4. The van der Waals surface area contributed by atoms with Crippen molar-refractivity contribution in [2.75, 3.05) is 53.4 Å². The predicted molar refractivity (Wildman–Crippen MR) is 94.3 cm³/mol. The van der Waals surface area contributed by atoms with Gasteiger partial charge in [-0.2, -0.15) is 0 Å². The van der Waals surface area contributed by atoms with Gasteiger partial charge in [0.25, 0.3) is 5.91 Å². The lowest BCUT2D eigenvalue weighted by atomic mass is 10.2. The first-order valence-electron chi connectivity index (χ1n) is 9.21. The largest absolute Gasteiger partial charge is 0.368 e. The Labute approximate surface area is 149 Å². The van der Waals surface area contributed by atoms with Crippen LogP contribution in [0.4, 0.5) is 0 Å². The van der Waals surface area contributed by atoms with Crippen molar-refractivity contribution in [2.24, 2.45) is 4.99 Å². The van der Waals surface area contributed by atoms with E-state index in [9.17, 15) is 9.59 Å². The van der Waals surface area contributed by atoms with Gasteiger partial charge in [-0.3, -0.25) is 9.59 Å². The van der Waals surface area contributed by atoms with E-state index in [0.29, 0.717) is 25.7 Å². The second-order valence-electron chi connectivity index (χ2n) is 7.16. The molecule has 1 unspecified atom stereocenters. The number of amides is 2. The van der Waals surface area contributed by atoms with E-state index in [0.717, 1.165) is 44.7 Å². The van der Waals surface area contributed by atoms with E-state index >= 15 is 0 Å². The van der Waals surface area contributed by atoms with Gasteiger partial charge in [0.05, 0.1) is 0 Å². The van der Waals surface area contributed by atoms with Crippen molar-refractivity contribution in [2.45, 2.75) is 37.8 Å². The normalized spacial score (nSPS) is 24.4. The molecule has 0 aromatic carbocycles. The Bertz CT molecular complexity index is 518. The van der Waals surface area contributed by atoms with Crippen molar-refractivity contribution in [1.82, 2.24) is 20.0 Å². The first-order chi connectivity index (χ1) is 12.0. The summed E-state index contributed by atoms with van der Waals surface area (Å²) in [7, 11) is 3.47. The van der Waals surface area contributed by atoms with Crippen LogP contribution in [0.1, 0.15) is 25.7 Å². The molecule has 2 aliphatic heterocycles. The molecule has 3 aliphatic rings. The molecule has 25 heavy (non-hydrogen) atoms. The molecule has 0 radical (unpaired) electrons. The fourth-order valence-corrected chi connectivity index (χ4v) is 3.05. The van der Waals surface area contributed by atoms with Crippen LogP contribution in [0.2, 0.25) is 0 Å². The number of nitrogens with one attached hydrogen (secondary N) is 1. The van der Waals surface area contributed by atoms with Crippen molar-refractivity contribution in [3.63, 3.8) is 0 Å². The Kier molecular flexibility index (Phi) is 5.78. The second kappa shape index (κ2) is 8.03. The first kappa shape index (κ1) is 18.0. The topological polar surface area (TPSA) is 77.5 Å². The standard InChI is InChI=1S/C17H29N5O3/c1-20(2)15(23)12-18-17(19-13-5-6-13)22-9-7-21(8-10-22)16(24)14-4-3-11-25-14/h13-14H,3-12H2,1-2H3,(H,18,19). The van der Waals surface area contributed by atoms with Crippen LogP contribution < -0.4 is 5.32 Å². The maximum atomic E-state index is 12.4. The highest BCUT2D eigenvalue weighted by molar-refractivity contribution is 5.86. The van der Waals surface area contributed by atoms with E-state index in [1.54, 1.807) is 19.0 Å². The molecule has 1 aliphatic carbocycles. The molecule has 2 saturated heterocycles. The first-order valence-corrected chi connectivity index (χ1v) is 9.21. The smallest absolute Gasteiger partial charge is 0.251 e. The van der Waals surface area contributed by atoms with Gasteiger partial charge in [0.15, 0.2) is 5.96 Å². The van der Waals surface area contributed by atoms with Gasteiger partial charge in [0.1, 0.15) is 12.6 Å². The van der Waals surface area contributed by atoms with Crippen molar-refractivity contribution in [3.8, 4) is 0 Å². The third-order valence-corrected chi connectivity index (χ3v) is 4.87. The van der Waals surface area contributed by atoms with E-state index in [4.69, 9.17) is 4.74 Å². The number of guanidine groups is 1. The zero-order chi connectivity index (χ0) is 17.8. The van der Waals surface area contributed by atoms with Crippen molar-refractivity contribution in [1.29, 1.82) is 0 Å². The lowest BCUT2D eigenvalue weighted by molar-refractivity contribution is -0.142. The van der Waals surface area contributed by atoms with Gasteiger partial charge in [0, 0.05) is 52.9 Å². The summed E-state index contributed by atoms with van der Waals surface area (Å²) in [5.74, 6) is 0.901. The second-order valence-corrected chi connectivity index (χ2v) is 7.16. The lowest BCUT2D eigenvalue weighted by Gasteiger charge is -2.37. The van der Waals surface area contributed by atoms with E-state index in [1.807, 2.05) is 4.90 Å². The van der Waals surface area contributed by atoms with Crippen LogP contribution >= 0.6 is 0 Å². The number of piperazine rings is 1. The maximum Gasteiger partial charge on any atom is 0.251 e. The summed E-state index contributed by atoms with van der Waals surface area (Å²) in [5.41, 5.74) is 0. The summed E-state index contributed by atoms with van der Waals surface area (Å²) < 4.78 is 5.51. The average molecular weight is 351 g/mol. The molecule has 1 atom stereocenters. The predicted octanol–water partition coefficient (Wildman–Crippen LogP) is -0.494. The zero-order valence-corrected chi connectivity index (χ0v) is 15.2. The molecule has 1 saturated carbocycles. The summed E-state index contributed by atoms with van der Waals surface area (Å²) in [6, 6.07) is 0.472. The number of likely N-dealkylation sites (N-methyl/N-ethyl adjacent to an activating group) is 1. The van der Waals surface area contributed by atoms with Gasteiger partial charge in [-0.15, -0.1) is 0 Å². The highest BCUT2D eigenvalue weighted by Gasteiger charge is 2.32. The number of aliphatic imine (C=N–C) groups is 1. The van der Waals surface area contributed by atoms with Gasteiger partial charge in [-0.25, -0.2) is 4.99 Å². The Morgan fingerprint density at radius 1 is 1.12 bits per heavy atom. The van der Waals surface area contributed by atoms with E-state index in [2.05, 4.69) is 15.2 Å². The third kappa shape index (κ3) is 4.84. The molecular weight excluding hydrogens is 322 g/mol. The minimum absolute atomic E-state index is 0.0118. The highest BCUT2D eigenvalue weighted by atomic mass is 16.5. The van der Waals surface area contributed by atoms with Crippen LogP contribution in [0.5, 0.6) is 0 Å². The summed E-state index contributed by atoms with van der Waals surface area (Å²) in [4.78, 5) is 34.4. The van der Waals surface area contributed by atoms with Crippen molar-refractivity contribution >= 4 is 17.8 Å². The molecule has 8 heteroatoms. The zero-order valence-electron chi connectivity index (χ0n) is 15.2. The number of hydrogen-bond donors (Lipinski definition) is 1. The van der Waals surface area contributed by atoms with Crippen molar-refractivity contribution < 1.29 is 14.3 Å². The summed E-state index contributed by atoms with van der Waals surface area (Å²) >= 11 is 0. The SMILES string of the molecule is CN(C)C(=O)CN=C(NC1CC1)N1CCN(C(=O)C2CCCO2)CC1. The molecule has 8 nitrogen and oxygen atoms in total. The van der Waals surface area contributed by atoms with Crippen molar-refractivity contribution in [3.05, 3.63) is 0 Å². The minimum Gasteiger partial charge on any atom is -0.368 e. The fraction of sp³-hybridized carbons (Fsp3) is 0.824. The van der Waals surface area contributed by atoms with Crippen LogP contribution in [0.25, 0.3) is 0 Å². The molecular formula is C17H29N5O3. The molecule has 2 amide bonds. The number of carbonyl (C=O) groups is 2. The molecule has 0 aromatic heterocycles. The number of carbonyl (C=O) groups excluding carboxylic acids is 2. The number of nitrogens with zero attached hydrogens (tertiary/aromatic N) is 4. The summed E-state index contributed by atoms with van der Waals surface area (Å²) in [6.07, 6.45) is 3.86. The Balaban J connectivity index is 1.54. The Hall–Kier alpha value is -1.83.